The highest BCUT2D eigenvalue weighted by atomic mass is 19.1. The van der Waals surface area contributed by atoms with Crippen molar-refractivity contribution >= 4 is 17.5 Å². The van der Waals surface area contributed by atoms with Gasteiger partial charge in [0.15, 0.2) is 5.75 Å². The zero-order valence-electron chi connectivity index (χ0n) is 12.8. The first-order chi connectivity index (χ1) is 11.0. The maximum Gasteiger partial charge on any atom is 0.313 e. The Morgan fingerprint density at radius 2 is 1.74 bits per heavy atom. The Morgan fingerprint density at radius 1 is 1.04 bits per heavy atom. The van der Waals surface area contributed by atoms with Gasteiger partial charge in [0.2, 0.25) is 0 Å². The molecule has 0 saturated carbocycles. The van der Waals surface area contributed by atoms with Crippen LogP contribution in [0, 0.1) is 5.82 Å². The van der Waals surface area contributed by atoms with E-state index in [2.05, 4.69) is 10.6 Å². The Bertz CT molecular complexity index is 702. The molecule has 0 aliphatic heterocycles. The fourth-order valence-corrected chi connectivity index (χ4v) is 1.81. The molecule has 0 aliphatic rings. The van der Waals surface area contributed by atoms with Crippen molar-refractivity contribution in [3.63, 3.8) is 0 Å². The Labute approximate surface area is 133 Å². The SMILES string of the molecule is CC(C)NC(=O)C(=O)Nc1cc(F)ccc1Oc1ccccc1. The zero-order chi connectivity index (χ0) is 16.8. The number of ether oxygens (including phenoxy) is 1. The summed E-state index contributed by atoms with van der Waals surface area (Å²) >= 11 is 0. The van der Waals surface area contributed by atoms with Gasteiger partial charge in [-0.2, -0.15) is 0 Å². The fraction of sp³-hybridized carbons (Fsp3) is 0.176. The van der Waals surface area contributed by atoms with Crippen molar-refractivity contribution in [2.45, 2.75) is 19.9 Å². The molecule has 2 amide bonds. The highest BCUT2D eigenvalue weighted by Crippen LogP contribution is 2.30. The topological polar surface area (TPSA) is 67.4 Å². The Balaban J connectivity index is 2.19. The summed E-state index contributed by atoms with van der Waals surface area (Å²) < 4.78 is 19.1. The van der Waals surface area contributed by atoms with E-state index in [9.17, 15) is 14.0 Å². The molecule has 2 aromatic rings. The van der Waals surface area contributed by atoms with E-state index in [0.29, 0.717) is 5.75 Å². The predicted octanol–water partition coefficient (Wildman–Crippen LogP) is 3.08. The monoisotopic (exact) mass is 316 g/mol. The van der Waals surface area contributed by atoms with Crippen molar-refractivity contribution in [1.82, 2.24) is 5.32 Å². The lowest BCUT2D eigenvalue weighted by molar-refractivity contribution is -0.136. The quantitative estimate of drug-likeness (QED) is 0.852. The molecule has 120 valence electrons. The lowest BCUT2D eigenvalue weighted by Gasteiger charge is -2.13. The van der Waals surface area contributed by atoms with Gasteiger partial charge in [0.25, 0.3) is 0 Å². The maximum atomic E-state index is 13.4. The average Bonchev–Trinajstić information content (AvgIpc) is 2.50. The van der Waals surface area contributed by atoms with Crippen LogP contribution in [0.1, 0.15) is 13.8 Å². The Hall–Kier alpha value is -2.89. The van der Waals surface area contributed by atoms with Gasteiger partial charge in [-0.25, -0.2) is 4.39 Å². The van der Waals surface area contributed by atoms with E-state index in [1.165, 1.54) is 12.1 Å². The van der Waals surface area contributed by atoms with Crippen LogP contribution in [-0.2, 0) is 9.59 Å². The fourth-order valence-electron chi connectivity index (χ4n) is 1.81. The van der Waals surface area contributed by atoms with Crippen LogP contribution in [0.4, 0.5) is 10.1 Å². The first-order valence-corrected chi connectivity index (χ1v) is 7.10. The van der Waals surface area contributed by atoms with Crippen molar-refractivity contribution in [2.24, 2.45) is 0 Å². The summed E-state index contributed by atoms with van der Waals surface area (Å²) in [6.45, 7) is 3.47. The van der Waals surface area contributed by atoms with Crippen molar-refractivity contribution < 1.29 is 18.7 Å². The van der Waals surface area contributed by atoms with Crippen molar-refractivity contribution in [1.29, 1.82) is 0 Å². The molecular formula is C17H17FN2O3. The first-order valence-electron chi connectivity index (χ1n) is 7.10. The van der Waals surface area contributed by atoms with Crippen LogP contribution >= 0.6 is 0 Å². The van der Waals surface area contributed by atoms with E-state index >= 15 is 0 Å². The van der Waals surface area contributed by atoms with Gasteiger partial charge in [-0.3, -0.25) is 9.59 Å². The minimum absolute atomic E-state index is 0.0813. The molecule has 0 radical (unpaired) electrons. The molecule has 5 nitrogen and oxygen atoms in total. The number of hydrogen-bond donors (Lipinski definition) is 2. The van der Waals surface area contributed by atoms with Gasteiger partial charge in [-0.05, 0) is 38.1 Å². The van der Waals surface area contributed by atoms with E-state index in [4.69, 9.17) is 4.74 Å². The maximum absolute atomic E-state index is 13.4. The summed E-state index contributed by atoms with van der Waals surface area (Å²) in [4.78, 5) is 23.5. The first kappa shape index (κ1) is 16.5. The third-order valence-corrected chi connectivity index (χ3v) is 2.79. The van der Waals surface area contributed by atoms with Crippen LogP contribution < -0.4 is 15.4 Å². The molecule has 0 spiro atoms. The number of hydrogen-bond acceptors (Lipinski definition) is 3. The molecule has 0 bridgehead atoms. The number of nitrogens with one attached hydrogen (secondary N) is 2. The van der Waals surface area contributed by atoms with E-state index in [1.807, 2.05) is 6.07 Å². The number of carbonyl (C=O) groups excluding carboxylic acids is 2. The number of rotatable bonds is 4. The third-order valence-electron chi connectivity index (χ3n) is 2.79. The van der Waals surface area contributed by atoms with Crippen LogP contribution in [0.2, 0.25) is 0 Å². The van der Waals surface area contributed by atoms with Gasteiger partial charge in [-0.1, -0.05) is 18.2 Å². The molecule has 2 N–H and O–H groups in total. The molecule has 0 unspecified atom stereocenters. The molecule has 2 aromatic carbocycles. The molecule has 0 aliphatic carbocycles. The van der Waals surface area contributed by atoms with Crippen LogP contribution in [0.5, 0.6) is 11.5 Å². The second-order valence-electron chi connectivity index (χ2n) is 5.14. The summed E-state index contributed by atoms with van der Waals surface area (Å²) in [5.74, 6) is -1.47. The number of benzene rings is 2. The van der Waals surface area contributed by atoms with E-state index < -0.39 is 17.6 Å². The van der Waals surface area contributed by atoms with Crippen LogP contribution in [0.25, 0.3) is 0 Å². The molecular weight excluding hydrogens is 299 g/mol. The number of halogens is 1. The minimum Gasteiger partial charge on any atom is -0.455 e. The molecule has 0 heterocycles. The molecule has 0 aromatic heterocycles. The summed E-state index contributed by atoms with van der Waals surface area (Å²) in [6, 6.07) is 12.4. The molecule has 6 heteroatoms. The van der Waals surface area contributed by atoms with Crippen molar-refractivity contribution in [3.8, 4) is 11.5 Å². The number of anilines is 1. The second-order valence-corrected chi connectivity index (χ2v) is 5.14. The lowest BCUT2D eigenvalue weighted by atomic mass is 10.2. The standard InChI is InChI=1S/C17H17FN2O3/c1-11(2)19-16(21)17(22)20-14-10-12(18)8-9-15(14)23-13-6-4-3-5-7-13/h3-11H,1-2H3,(H,19,21)(H,20,22). The van der Waals surface area contributed by atoms with Gasteiger partial charge >= 0.3 is 11.8 Å². The number of amides is 2. The number of para-hydroxylation sites is 1. The highest BCUT2D eigenvalue weighted by molar-refractivity contribution is 6.39. The summed E-state index contributed by atoms with van der Waals surface area (Å²) in [6.07, 6.45) is 0. The van der Waals surface area contributed by atoms with E-state index in [1.54, 1.807) is 38.1 Å². The van der Waals surface area contributed by atoms with Gasteiger partial charge in [-0.15, -0.1) is 0 Å². The van der Waals surface area contributed by atoms with Gasteiger partial charge in [0.1, 0.15) is 11.6 Å². The van der Waals surface area contributed by atoms with E-state index in [0.717, 1.165) is 6.07 Å². The Morgan fingerprint density at radius 3 is 2.39 bits per heavy atom. The summed E-state index contributed by atoms with van der Waals surface area (Å²) in [5.41, 5.74) is 0.0813. The minimum atomic E-state index is -0.887. The van der Waals surface area contributed by atoms with Gasteiger partial charge < -0.3 is 15.4 Å². The van der Waals surface area contributed by atoms with Crippen molar-refractivity contribution in [2.75, 3.05) is 5.32 Å². The highest BCUT2D eigenvalue weighted by Gasteiger charge is 2.17. The van der Waals surface area contributed by atoms with Crippen LogP contribution in [0.3, 0.4) is 0 Å². The largest absolute Gasteiger partial charge is 0.455 e. The summed E-state index contributed by atoms with van der Waals surface area (Å²) in [7, 11) is 0. The normalized spacial score (nSPS) is 10.3. The van der Waals surface area contributed by atoms with E-state index in [-0.39, 0.29) is 17.5 Å². The molecule has 0 saturated heterocycles. The number of carbonyl (C=O) groups is 2. The molecule has 2 rings (SSSR count). The van der Waals surface area contributed by atoms with Gasteiger partial charge in [0, 0.05) is 12.1 Å². The van der Waals surface area contributed by atoms with Crippen LogP contribution in [-0.4, -0.2) is 17.9 Å². The Kier molecular flexibility index (Phi) is 5.30. The second kappa shape index (κ2) is 7.40. The third kappa shape index (κ3) is 4.81. The molecule has 23 heavy (non-hydrogen) atoms. The van der Waals surface area contributed by atoms with Crippen LogP contribution in [0.15, 0.2) is 48.5 Å². The average molecular weight is 316 g/mol. The lowest BCUT2D eigenvalue weighted by Crippen LogP contribution is -2.39. The molecule has 0 fully saturated rings. The smallest absolute Gasteiger partial charge is 0.313 e. The van der Waals surface area contributed by atoms with Gasteiger partial charge in [0.05, 0.1) is 5.69 Å². The van der Waals surface area contributed by atoms with Crippen molar-refractivity contribution in [3.05, 3.63) is 54.3 Å². The zero-order valence-corrected chi connectivity index (χ0v) is 12.8. The molecule has 0 atom stereocenters. The predicted molar refractivity (Wildman–Crippen MR) is 84.8 cm³/mol. The summed E-state index contributed by atoms with van der Waals surface area (Å²) in [5, 5.41) is 4.82.